The summed E-state index contributed by atoms with van der Waals surface area (Å²) in [4.78, 5) is 77.7. The summed E-state index contributed by atoms with van der Waals surface area (Å²) >= 11 is 0. The third kappa shape index (κ3) is 4.70. The maximum Gasteiger partial charge on any atom is 0.306 e. The Kier molecular flexibility index (Phi) is 7.56. The van der Waals surface area contributed by atoms with E-state index in [1.54, 1.807) is 6.92 Å². The number of aliphatic carboxylic acids is 1. The van der Waals surface area contributed by atoms with Gasteiger partial charge in [0.25, 0.3) is 0 Å². The summed E-state index contributed by atoms with van der Waals surface area (Å²) in [6.45, 7) is 10.2. The Morgan fingerprint density at radius 3 is 2.28 bits per heavy atom. The van der Waals surface area contributed by atoms with Crippen LogP contribution in [0.1, 0.15) is 80.1 Å². The molecule has 0 aromatic rings. The lowest BCUT2D eigenvalue weighted by Crippen LogP contribution is -2.59. The van der Waals surface area contributed by atoms with Crippen LogP contribution in [0.25, 0.3) is 0 Å². The van der Waals surface area contributed by atoms with Crippen LogP contribution in [-0.4, -0.2) is 57.5 Å². The van der Waals surface area contributed by atoms with E-state index in [0.717, 1.165) is 0 Å². The first-order valence-corrected chi connectivity index (χ1v) is 14.0. The summed E-state index contributed by atoms with van der Waals surface area (Å²) in [5, 5.41) is 19.9. The summed E-state index contributed by atoms with van der Waals surface area (Å²) in [6, 6.07) is 0. The van der Waals surface area contributed by atoms with Crippen molar-refractivity contribution in [2.24, 2.45) is 46.3 Å². The Balaban J connectivity index is 1.77. The Morgan fingerprint density at radius 2 is 1.69 bits per heavy atom. The number of esters is 1. The van der Waals surface area contributed by atoms with E-state index in [1.807, 2.05) is 20.8 Å². The molecule has 9 heteroatoms. The van der Waals surface area contributed by atoms with Crippen molar-refractivity contribution in [3.63, 3.8) is 0 Å². The highest BCUT2D eigenvalue weighted by Gasteiger charge is 2.65. The van der Waals surface area contributed by atoms with E-state index in [-0.39, 0.29) is 60.1 Å². The van der Waals surface area contributed by atoms with Crippen molar-refractivity contribution >= 4 is 35.1 Å². The first-order valence-electron chi connectivity index (χ1n) is 14.0. The predicted molar refractivity (Wildman–Crippen MR) is 138 cm³/mol. The molecule has 39 heavy (non-hydrogen) atoms. The standard InChI is InChI=1S/C30H40O9/c1-13(9-16(32)10-14(2)28(37)38)17-11-18(33)23-22(17)27(39-15(3)31)26(36)25-24(23)19(34)12-20-29(4,5)21(35)7-8-30(20,25)6/h13-14,17,20-23,27,35H,7-12H2,1-6H3,(H,37,38)/t13-,14-,17-,20+,21+,22-,23-,27+,30+/m1/s1. The second kappa shape index (κ2) is 10.1. The van der Waals surface area contributed by atoms with Crippen molar-refractivity contribution < 1.29 is 43.7 Å². The molecule has 0 radical (unpaired) electrons. The molecule has 0 aromatic heterocycles. The van der Waals surface area contributed by atoms with Gasteiger partial charge in [-0.15, -0.1) is 0 Å². The van der Waals surface area contributed by atoms with Gasteiger partial charge in [-0.3, -0.25) is 28.8 Å². The van der Waals surface area contributed by atoms with E-state index in [9.17, 15) is 33.9 Å². The lowest BCUT2D eigenvalue weighted by molar-refractivity contribution is -0.162. The minimum absolute atomic E-state index is 0.0193. The van der Waals surface area contributed by atoms with Gasteiger partial charge in [-0.05, 0) is 36.0 Å². The van der Waals surface area contributed by atoms with E-state index in [2.05, 4.69) is 0 Å². The molecule has 0 saturated heterocycles. The number of Topliss-reactive ketones (excluding diaryl/α,β-unsaturated/α-hetero) is 4. The number of hydrogen-bond donors (Lipinski definition) is 2. The Labute approximate surface area is 228 Å². The van der Waals surface area contributed by atoms with E-state index in [4.69, 9.17) is 9.84 Å². The van der Waals surface area contributed by atoms with Crippen molar-refractivity contribution in [3.8, 4) is 0 Å². The second-order valence-electron chi connectivity index (χ2n) is 13.2. The van der Waals surface area contributed by atoms with Gasteiger partial charge in [-0.25, -0.2) is 0 Å². The highest BCUT2D eigenvalue weighted by Crippen LogP contribution is 2.63. The number of rotatable bonds is 7. The van der Waals surface area contributed by atoms with E-state index in [0.29, 0.717) is 12.8 Å². The summed E-state index contributed by atoms with van der Waals surface area (Å²) in [5.41, 5.74) is -0.882. The highest BCUT2D eigenvalue weighted by atomic mass is 16.5. The van der Waals surface area contributed by atoms with Gasteiger partial charge in [0.05, 0.1) is 17.9 Å². The van der Waals surface area contributed by atoms with Crippen LogP contribution in [0.4, 0.5) is 0 Å². The van der Waals surface area contributed by atoms with Crippen LogP contribution < -0.4 is 0 Å². The number of ether oxygens (including phenoxy) is 1. The number of carbonyl (C=O) groups excluding carboxylic acids is 5. The SMILES string of the molecule is CC(=O)O[C@@H]1C(=O)C2=C(C(=O)C[C@H]3C(C)(C)[C@@H](O)CC[C@]23C)[C@@H]2C(=O)C[C@H]([C@H](C)CC(=O)C[C@@H](C)C(=O)O)[C@H]21. The summed E-state index contributed by atoms with van der Waals surface area (Å²) in [7, 11) is 0. The minimum atomic E-state index is -1.25. The normalized spacial score (nSPS) is 36.9. The van der Waals surface area contributed by atoms with E-state index < -0.39 is 70.3 Å². The molecule has 214 valence electrons. The van der Waals surface area contributed by atoms with Gasteiger partial charge >= 0.3 is 11.9 Å². The van der Waals surface area contributed by atoms with Crippen LogP contribution in [0, 0.1) is 46.3 Å². The third-order valence-corrected chi connectivity index (χ3v) is 10.4. The molecule has 4 aliphatic rings. The topological polar surface area (TPSA) is 152 Å². The summed E-state index contributed by atoms with van der Waals surface area (Å²) in [6.07, 6.45) is -0.951. The number of hydrogen-bond acceptors (Lipinski definition) is 8. The number of ketones is 4. The van der Waals surface area contributed by atoms with Crippen LogP contribution in [0.3, 0.4) is 0 Å². The smallest absolute Gasteiger partial charge is 0.306 e. The van der Waals surface area contributed by atoms with Crippen molar-refractivity contribution in [2.45, 2.75) is 92.3 Å². The molecule has 0 bridgehead atoms. The van der Waals surface area contributed by atoms with Crippen molar-refractivity contribution in [1.82, 2.24) is 0 Å². The first kappa shape index (κ1) is 29.3. The fraction of sp³-hybridized carbons (Fsp3) is 0.733. The maximum absolute atomic E-state index is 14.3. The molecule has 4 rings (SSSR count). The summed E-state index contributed by atoms with van der Waals surface area (Å²) < 4.78 is 5.63. The molecule has 2 saturated carbocycles. The van der Waals surface area contributed by atoms with Gasteiger partial charge in [0, 0.05) is 55.1 Å². The molecule has 0 unspecified atom stereocenters. The molecule has 0 amide bonds. The number of carboxylic acid groups (broad SMARTS) is 1. The quantitative estimate of drug-likeness (QED) is 0.461. The number of aliphatic hydroxyl groups is 1. The lowest BCUT2D eigenvalue weighted by atomic mass is 9.46. The number of aliphatic hydroxyl groups excluding tert-OH is 1. The molecule has 0 heterocycles. The number of fused-ring (bicyclic) bond motifs is 4. The second-order valence-corrected chi connectivity index (χ2v) is 13.2. The molecule has 9 nitrogen and oxygen atoms in total. The van der Waals surface area contributed by atoms with Gasteiger partial charge in [0.15, 0.2) is 11.9 Å². The number of allylic oxidation sites excluding steroid dienone is 1. The van der Waals surface area contributed by atoms with Gasteiger partial charge in [-0.1, -0.05) is 34.6 Å². The number of carbonyl (C=O) groups is 6. The largest absolute Gasteiger partial charge is 0.481 e. The van der Waals surface area contributed by atoms with E-state index in [1.165, 1.54) is 13.8 Å². The van der Waals surface area contributed by atoms with Crippen LogP contribution in [0.15, 0.2) is 11.1 Å². The molecule has 0 aliphatic heterocycles. The molecule has 0 aromatic carbocycles. The third-order valence-electron chi connectivity index (χ3n) is 10.4. The van der Waals surface area contributed by atoms with Crippen molar-refractivity contribution in [2.75, 3.05) is 0 Å². The van der Waals surface area contributed by atoms with Gasteiger partial charge in [-0.2, -0.15) is 0 Å². The lowest BCUT2D eigenvalue weighted by Gasteiger charge is -2.57. The monoisotopic (exact) mass is 544 g/mol. The van der Waals surface area contributed by atoms with Gasteiger partial charge < -0.3 is 14.9 Å². The zero-order chi connectivity index (χ0) is 29.2. The molecule has 4 aliphatic carbocycles. The molecule has 2 N–H and O–H groups in total. The van der Waals surface area contributed by atoms with Crippen molar-refractivity contribution in [1.29, 1.82) is 0 Å². The van der Waals surface area contributed by atoms with Gasteiger partial charge in [0.2, 0.25) is 5.78 Å². The molecular weight excluding hydrogens is 504 g/mol. The maximum atomic E-state index is 14.3. The van der Waals surface area contributed by atoms with Crippen LogP contribution in [0.2, 0.25) is 0 Å². The molecule has 0 spiro atoms. The molecule has 2 fully saturated rings. The Hall–Kier alpha value is -2.68. The number of carboxylic acids is 1. The van der Waals surface area contributed by atoms with Crippen LogP contribution in [-0.2, 0) is 33.5 Å². The summed E-state index contributed by atoms with van der Waals surface area (Å²) in [5.74, 6) is -6.63. The average Bonchev–Trinajstić information content (AvgIpc) is 3.17. The predicted octanol–water partition coefficient (Wildman–Crippen LogP) is 3.10. The zero-order valence-corrected chi connectivity index (χ0v) is 23.6. The van der Waals surface area contributed by atoms with E-state index >= 15 is 0 Å². The van der Waals surface area contributed by atoms with Crippen LogP contribution in [0.5, 0.6) is 0 Å². The minimum Gasteiger partial charge on any atom is -0.481 e. The zero-order valence-electron chi connectivity index (χ0n) is 23.6. The van der Waals surface area contributed by atoms with Gasteiger partial charge in [0.1, 0.15) is 11.6 Å². The first-order chi connectivity index (χ1) is 18.0. The fourth-order valence-electron chi connectivity index (χ4n) is 8.25. The molecular formula is C30H40O9. The van der Waals surface area contributed by atoms with Crippen LogP contribution >= 0.6 is 0 Å². The fourth-order valence-corrected chi connectivity index (χ4v) is 8.25. The highest BCUT2D eigenvalue weighted by molar-refractivity contribution is 6.16. The average molecular weight is 545 g/mol. The molecule has 9 atom stereocenters. The van der Waals surface area contributed by atoms with Crippen molar-refractivity contribution in [3.05, 3.63) is 11.1 Å². The Morgan fingerprint density at radius 1 is 1.05 bits per heavy atom. The Bertz CT molecular complexity index is 1160.